The number of aromatic hydroxyl groups is 1. The first kappa shape index (κ1) is 28.8. The maximum atomic E-state index is 16.9. The van der Waals surface area contributed by atoms with Crippen LogP contribution in [0.3, 0.4) is 0 Å². The molecule has 4 aliphatic rings. The molecule has 0 amide bonds. The number of phenols is 1. The number of aromatic nitrogens is 3. The van der Waals surface area contributed by atoms with E-state index in [1.807, 2.05) is 6.92 Å². The number of phenolic OH excluding ortho intramolecular Hbond substituents is 1. The van der Waals surface area contributed by atoms with Crippen LogP contribution in [0.1, 0.15) is 57.4 Å². The number of rotatable bonds is 6. The molecule has 4 aromatic rings. The Hall–Kier alpha value is -3.70. The molecule has 5 atom stereocenters. The van der Waals surface area contributed by atoms with Gasteiger partial charge in [-0.3, -0.25) is 9.88 Å². The molecule has 8 rings (SSSR count). The molecule has 2 aromatic heterocycles. The van der Waals surface area contributed by atoms with Crippen molar-refractivity contribution in [2.75, 3.05) is 24.6 Å². The fourth-order valence-corrected chi connectivity index (χ4v) is 8.64. The molecule has 11 heteroatoms. The third-order valence-corrected chi connectivity index (χ3v) is 10.6. The van der Waals surface area contributed by atoms with Gasteiger partial charge in [0.25, 0.3) is 0 Å². The molecule has 0 unspecified atom stereocenters. The number of nitrogens with zero attached hydrogens (tertiary/aromatic N) is 5. The third-order valence-electron chi connectivity index (χ3n) is 10.6. The van der Waals surface area contributed by atoms with E-state index in [1.165, 1.54) is 18.2 Å². The van der Waals surface area contributed by atoms with Crippen LogP contribution < -0.4 is 9.64 Å². The predicted octanol–water partition coefficient (Wildman–Crippen LogP) is 5.84. The van der Waals surface area contributed by atoms with Gasteiger partial charge in [0, 0.05) is 36.8 Å². The zero-order chi connectivity index (χ0) is 31.0. The van der Waals surface area contributed by atoms with Crippen molar-refractivity contribution < 1.29 is 28.1 Å². The van der Waals surface area contributed by atoms with Crippen molar-refractivity contribution in [3.63, 3.8) is 0 Å². The zero-order valence-corrected chi connectivity index (χ0v) is 25.1. The molecule has 2 bridgehead atoms. The van der Waals surface area contributed by atoms with Gasteiger partial charge in [0.05, 0.1) is 17.0 Å². The van der Waals surface area contributed by atoms with Gasteiger partial charge < -0.3 is 19.8 Å². The summed E-state index contributed by atoms with van der Waals surface area (Å²) in [4.78, 5) is 18.3. The van der Waals surface area contributed by atoms with Gasteiger partial charge in [0.2, 0.25) is 0 Å². The van der Waals surface area contributed by atoms with Crippen molar-refractivity contribution >= 4 is 27.5 Å². The predicted molar refractivity (Wildman–Crippen MR) is 164 cm³/mol. The maximum absolute atomic E-state index is 16.9. The van der Waals surface area contributed by atoms with Crippen LogP contribution in [0.5, 0.6) is 11.8 Å². The lowest BCUT2D eigenvalue weighted by molar-refractivity contribution is 0.107. The summed E-state index contributed by atoms with van der Waals surface area (Å²) in [5.41, 5.74) is 0.183. The monoisotopic (exact) mass is 619 g/mol. The van der Waals surface area contributed by atoms with Crippen molar-refractivity contribution in [3.05, 3.63) is 47.7 Å². The fourth-order valence-electron chi connectivity index (χ4n) is 8.64. The molecule has 4 aliphatic heterocycles. The van der Waals surface area contributed by atoms with Gasteiger partial charge >= 0.3 is 6.01 Å². The quantitative estimate of drug-likeness (QED) is 0.278. The number of fused-ring (bicyclic) bond motifs is 5. The SMILES string of the molecule is CCc1c(F)ccc2cc(O)cc(-c3ncc4c(N5[C@@H]6CC[C@H]5C[C@@H](O)C6)nc(OC[C@@]56CCCN5C[C@H](F)C6)nc4c3F)c12. The van der Waals surface area contributed by atoms with Crippen molar-refractivity contribution in [1.82, 2.24) is 19.9 Å². The van der Waals surface area contributed by atoms with E-state index in [0.717, 1.165) is 32.2 Å². The Morgan fingerprint density at radius 3 is 2.69 bits per heavy atom. The highest BCUT2D eigenvalue weighted by molar-refractivity contribution is 6.01. The van der Waals surface area contributed by atoms with Gasteiger partial charge in [-0.15, -0.1) is 0 Å². The maximum Gasteiger partial charge on any atom is 0.319 e. The molecule has 0 radical (unpaired) electrons. The lowest BCUT2D eigenvalue weighted by atomic mass is 9.94. The molecule has 4 saturated heterocycles. The van der Waals surface area contributed by atoms with Crippen molar-refractivity contribution in [2.45, 2.75) is 88.2 Å². The number of pyridine rings is 1. The van der Waals surface area contributed by atoms with E-state index >= 15 is 4.39 Å². The molecule has 0 aliphatic carbocycles. The van der Waals surface area contributed by atoms with Gasteiger partial charge in [0.1, 0.15) is 41.4 Å². The first-order chi connectivity index (χ1) is 21.7. The molecule has 45 heavy (non-hydrogen) atoms. The van der Waals surface area contributed by atoms with Gasteiger partial charge in [-0.25, -0.2) is 13.2 Å². The number of hydrogen-bond donors (Lipinski definition) is 2. The highest BCUT2D eigenvalue weighted by atomic mass is 19.1. The van der Waals surface area contributed by atoms with Crippen LogP contribution >= 0.6 is 0 Å². The minimum atomic E-state index is -0.918. The van der Waals surface area contributed by atoms with Gasteiger partial charge in [0.15, 0.2) is 5.82 Å². The Labute approximate surface area is 258 Å². The van der Waals surface area contributed by atoms with Crippen LogP contribution in [-0.4, -0.2) is 79.7 Å². The highest BCUT2D eigenvalue weighted by Gasteiger charge is 2.49. The molecule has 6 heterocycles. The normalized spacial score (nSPS) is 28.0. The second-order valence-corrected chi connectivity index (χ2v) is 13.3. The summed E-state index contributed by atoms with van der Waals surface area (Å²) in [5.74, 6) is -0.728. The van der Waals surface area contributed by atoms with Crippen molar-refractivity contribution in [3.8, 4) is 23.0 Å². The molecule has 0 spiro atoms. The largest absolute Gasteiger partial charge is 0.508 e. The number of ether oxygens (including phenoxy) is 1. The van der Waals surface area contributed by atoms with E-state index in [-0.39, 0.29) is 47.2 Å². The Bertz CT molecular complexity index is 1810. The summed E-state index contributed by atoms with van der Waals surface area (Å²) in [7, 11) is 0. The molecular weight excluding hydrogens is 583 g/mol. The molecule has 8 nitrogen and oxygen atoms in total. The van der Waals surface area contributed by atoms with E-state index in [1.54, 1.807) is 12.3 Å². The van der Waals surface area contributed by atoms with Gasteiger partial charge in [-0.1, -0.05) is 13.0 Å². The minimum Gasteiger partial charge on any atom is -0.508 e. The van der Waals surface area contributed by atoms with E-state index in [9.17, 15) is 19.0 Å². The van der Waals surface area contributed by atoms with E-state index in [0.29, 0.717) is 59.8 Å². The summed E-state index contributed by atoms with van der Waals surface area (Å²) in [5, 5.41) is 22.5. The molecule has 236 valence electrons. The summed E-state index contributed by atoms with van der Waals surface area (Å²) >= 11 is 0. The molecule has 2 N–H and O–H groups in total. The summed E-state index contributed by atoms with van der Waals surface area (Å²) < 4.78 is 52.5. The number of aryl methyl sites for hydroxylation is 1. The summed E-state index contributed by atoms with van der Waals surface area (Å²) in [6.07, 6.45) is 5.67. The van der Waals surface area contributed by atoms with Crippen LogP contribution in [0.2, 0.25) is 0 Å². The smallest absolute Gasteiger partial charge is 0.319 e. The number of aliphatic hydroxyl groups excluding tert-OH is 1. The summed E-state index contributed by atoms with van der Waals surface area (Å²) in [6, 6.07) is 5.92. The number of piperidine rings is 1. The first-order valence-corrected chi connectivity index (χ1v) is 16.0. The van der Waals surface area contributed by atoms with Gasteiger partial charge in [-0.2, -0.15) is 9.97 Å². The second-order valence-electron chi connectivity index (χ2n) is 13.3. The highest BCUT2D eigenvalue weighted by Crippen LogP contribution is 2.44. The second kappa shape index (κ2) is 10.7. The van der Waals surface area contributed by atoms with Crippen LogP contribution in [0, 0.1) is 11.6 Å². The number of aliphatic hydroxyl groups is 1. The Balaban J connectivity index is 1.29. The minimum absolute atomic E-state index is 0.00339. The van der Waals surface area contributed by atoms with Crippen LogP contribution in [0.25, 0.3) is 32.9 Å². The van der Waals surface area contributed by atoms with Crippen LogP contribution in [0.4, 0.5) is 19.0 Å². The van der Waals surface area contributed by atoms with E-state index < -0.39 is 29.4 Å². The first-order valence-electron chi connectivity index (χ1n) is 16.0. The van der Waals surface area contributed by atoms with E-state index in [2.05, 4.69) is 19.8 Å². The van der Waals surface area contributed by atoms with Crippen LogP contribution in [0.15, 0.2) is 30.5 Å². The average molecular weight is 620 g/mol. The van der Waals surface area contributed by atoms with Crippen molar-refractivity contribution in [2.24, 2.45) is 0 Å². The number of benzene rings is 2. The molecule has 2 aromatic carbocycles. The van der Waals surface area contributed by atoms with Crippen molar-refractivity contribution in [1.29, 1.82) is 0 Å². The van der Waals surface area contributed by atoms with Crippen LogP contribution in [-0.2, 0) is 6.42 Å². The Morgan fingerprint density at radius 1 is 1.11 bits per heavy atom. The number of anilines is 1. The van der Waals surface area contributed by atoms with Gasteiger partial charge in [-0.05, 0) is 86.0 Å². The Morgan fingerprint density at radius 2 is 1.91 bits per heavy atom. The fraction of sp³-hybridized carbons (Fsp3) is 0.500. The lowest BCUT2D eigenvalue weighted by Gasteiger charge is -2.38. The zero-order valence-electron chi connectivity index (χ0n) is 25.1. The van der Waals surface area contributed by atoms with E-state index in [4.69, 9.17) is 9.72 Å². The average Bonchev–Trinajstić information content (AvgIpc) is 3.63. The number of halogens is 3. The summed E-state index contributed by atoms with van der Waals surface area (Å²) in [6.45, 7) is 3.22. The topological polar surface area (TPSA) is 94.8 Å². The molecule has 0 saturated carbocycles. The number of hydrogen-bond acceptors (Lipinski definition) is 8. The molecular formula is C34H36F3N5O3. The standard InChI is InChI=1S/C34H36F3N5O3/c1-2-24-27(36)7-4-18-10-22(43)13-25(28(18)24)30-29(37)31-26(15-38-30)32(42-20-5-6-21(42)12-23(44)11-20)40-33(39-31)45-17-34-8-3-9-41(34)16-19(35)14-34/h4,7,10,13,15,19-21,23,43-44H,2-3,5-6,8-9,11-12,14,16-17H2,1H3/t19-,20-,21+,23+,34+/m1/s1. The molecule has 4 fully saturated rings. The lowest BCUT2D eigenvalue weighted by Crippen LogP contribution is -2.45. The number of alkyl halides is 1. The third kappa shape index (κ3) is 4.61. The Kier molecular flexibility index (Phi) is 6.83.